The van der Waals surface area contributed by atoms with Crippen molar-refractivity contribution >= 4 is 57.3 Å². The number of rotatable bonds is 5. The molecule has 1 aromatic heterocycles. The zero-order chi connectivity index (χ0) is 16.9. The Hall–Kier alpha value is -1.60. The molecule has 0 fully saturated rings. The van der Waals surface area contributed by atoms with E-state index in [9.17, 15) is 4.79 Å². The van der Waals surface area contributed by atoms with Crippen LogP contribution in [0.5, 0.6) is 0 Å². The summed E-state index contributed by atoms with van der Waals surface area (Å²) in [5.74, 6) is 0.432. The molecule has 0 aliphatic rings. The zero-order valence-corrected chi connectivity index (χ0v) is 15.3. The highest BCUT2D eigenvalue weighted by Crippen LogP contribution is 2.30. The number of aromatic nitrogens is 2. The van der Waals surface area contributed by atoms with Crippen LogP contribution in [0.15, 0.2) is 52.9 Å². The first-order chi connectivity index (χ1) is 11.6. The van der Waals surface area contributed by atoms with E-state index in [1.165, 1.54) is 16.9 Å². The Morgan fingerprint density at radius 1 is 1.08 bits per heavy atom. The highest BCUT2D eigenvalue weighted by molar-refractivity contribution is 8.00. The first-order valence-electron chi connectivity index (χ1n) is 6.89. The van der Waals surface area contributed by atoms with Gasteiger partial charge >= 0.3 is 0 Å². The quantitative estimate of drug-likeness (QED) is 0.464. The molecule has 0 bridgehead atoms. The van der Waals surface area contributed by atoms with E-state index in [1.807, 2.05) is 18.2 Å². The van der Waals surface area contributed by atoms with Gasteiger partial charge in [-0.25, -0.2) is 0 Å². The molecule has 4 nitrogen and oxygen atoms in total. The number of nitrogens with one attached hydrogen (secondary N) is 1. The first-order valence-corrected chi connectivity index (χ1v) is 9.45. The van der Waals surface area contributed by atoms with Crippen molar-refractivity contribution in [1.82, 2.24) is 10.2 Å². The molecule has 1 amide bonds. The summed E-state index contributed by atoms with van der Waals surface area (Å²) >= 11 is 14.9. The van der Waals surface area contributed by atoms with Crippen molar-refractivity contribution in [2.45, 2.75) is 10.1 Å². The molecule has 122 valence electrons. The molecule has 3 rings (SSSR count). The highest BCUT2D eigenvalue weighted by atomic mass is 35.5. The average Bonchev–Trinajstić information content (AvgIpc) is 3.04. The van der Waals surface area contributed by atoms with Crippen LogP contribution >= 0.6 is 46.3 Å². The van der Waals surface area contributed by atoms with Gasteiger partial charge in [-0.3, -0.25) is 10.1 Å². The molecule has 0 radical (unpaired) electrons. The number of halogens is 2. The van der Waals surface area contributed by atoms with Crippen molar-refractivity contribution in [2.24, 2.45) is 0 Å². The van der Waals surface area contributed by atoms with Crippen molar-refractivity contribution < 1.29 is 4.79 Å². The summed E-state index contributed by atoms with van der Waals surface area (Å²) in [6.45, 7) is 0. The van der Waals surface area contributed by atoms with Gasteiger partial charge < -0.3 is 0 Å². The molecular formula is C16H11Cl2N3OS2. The van der Waals surface area contributed by atoms with Crippen LogP contribution in [0.3, 0.4) is 0 Å². The van der Waals surface area contributed by atoms with E-state index < -0.39 is 0 Å². The number of amides is 1. The zero-order valence-electron chi connectivity index (χ0n) is 12.2. The first kappa shape index (κ1) is 17.2. The summed E-state index contributed by atoms with van der Waals surface area (Å²) in [6.07, 6.45) is 0. The van der Waals surface area contributed by atoms with Crippen LogP contribution in [-0.4, -0.2) is 16.1 Å². The molecule has 0 aliphatic heterocycles. The third-order valence-electron chi connectivity index (χ3n) is 3.03. The Labute approximate surface area is 157 Å². The number of hydrogen-bond acceptors (Lipinski definition) is 5. The smallest absolute Gasteiger partial charge is 0.259 e. The Balaban J connectivity index is 1.63. The van der Waals surface area contributed by atoms with E-state index in [1.54, 1.807) is 30.0 Å². The van der Waals surface area contributed by atoms with Gasteiger partial charge in [0.15, 0.2) is 4.34 Å². The van der Waals surface area contributed by atoms with Gasteiger partial charge in [-0.1, -0.05) is 82.7 Å². The third kappa shape index (κ3) is 4.27. The minimum atomic E-state index is -0.363. The molecule has 0 saturated carbocycles. The summed E-state index contributed by atoms with van der Waals surface area (Å²) in [5, 5.41) is 11.7. The molecule has 1 N–H and O–H groups in total. The van der Waals surface area contributed by atoms with Crippen molar-refractivity contribution in [3.63, 3.8) is 0 Å². The predicted octanol–water partition coefficient (Wildman–Crippen LogP) is 5.39. The molecule has 0 saturated heterocycles. The van der Waals surface area contributed by atoms with Gasteiger partial charge in [0, 0.05) is 5.75 Å². The fraction of sp³-hybridized carbons (Fsp3) is 0.0625. The number of carbonyl (C=O) groups excluding carboxylic acids is 1. The number of hydrogen-bond donors (Lipinski definition) is 1. The molecule has 0 atom stereocenters. The predicted molar refractivity (Wildman–Crippen MR) is 100 cm³/mol. The Kier molecular flexibility index (Phi) is 5.73. The van der Waals surface area contributed by atoms with Gasteiger partial charge in [-0.05, 0) is 17.7 Å². The number of anilines is 1. The maximum atomic E-state index is 12.3. The van der Waals surface area contributed by atoms with Gasteiger partial charge in [0.2, 0.25) is 5.13 Å². The van der Waals surface area contributed by atoms with Crippen molar-refractivity contribution in [3.8, 4) is 0 Å². The van der Waals surface area contributed by atoms with E-state index in [4.69, 9.17) is 23.2 Å². The normalized spacial score (nSPS) is 10.6. The largest absolute Gasteiger partial charge is 0.296 e. The molecule has 1 heterocycles. The number of benzene rings is 2. The monoisotopic (exact) mass is 395 g/mol. The van der Waals surface area contributed by atoms with E-state index in [-0.39, 0.29) is 10.9 Å². The van der Waals surface area contributed by atoms with Crippen LogP contribution in [0.4, 0.5) is 5.13 Å². The van der Waals surface area contributed by atoms with Crippen LogP contribution in [-0.2, 0) is 5.75 Å². The lowest BCUT2D eigenvalue weighted by molar-refractivity contribution is 0.102. The van der Waals surface area contributed by atoms with E-state index in [0.717, 1.165) is 10.1 Å². The average molecular weight is 396 g/mol. The topological polar surface area (TPSA) is 54.9 Å². The summed E-state index contributed by atoms with van der Waals surface area (Å²) < 4.78 is 0.784. The van der Waals surface area contributed by atoms with Gasteiger partial charge in [-0.2, -0.15) is 0 Å². The SMILES string of the molecule is O=C(Nc1nnc(SCc2ccccc2)s1)c1cccc(Cl)c1Cl. The maximum absolute atomic E-state index is 12.3. The van der Waals surface area contributed by atoms with Crippen molar-refractivity contribution in [1.29, 1.82) is 0 Å². The molecule has 0 aliphatic carbocycles. The lowest BCUT2D eigenvalue weighted by Crippen LogP contribution is -2.12. The molecule has 24 heavy (non-hydrogen) atoms. The summed E-state index contributed by atoms with van der Waals surface area (Å²) in [7, 11) is 0. The molecule has 0 unspecified atom stereocenters. The second-order valence-electron chi connectivity index (χ2n) is 4.70. The lowest BCUT2D eigenvalue weighted by Gasteiger charge is -2.04. The van der Waals surface area contributed by atoms with E-state index in [0.29, 0.717) is 15.7 Å². The second-order valence-corrected chi connectivity index (χ2v) is 7.69. The maximum Gasteiger partial charge on any atom is 0.259 e. The van der Waals surface area contributed by atoms with Crippen LogP contribution in [0, 0.1) is 0 Å². The lowest BCUT2D eigenvalue weighted by atomic mass is 10.2. The number of carbonyl (C=O) groups is 1. The van der Waals surface area contributed by atoms with Gasteiger partial charge in [0.1, 0.15) is 0 Å². The fourth-order valence-corrected chi connectivity index (χ4v) is 3.97. The number of thioether (sulfide) groups is 1. The van der Waals surface area contributed by atoms with E-state index >= 15 is 0 Å². The molecule has 3 aromatic rings. The second kappa shape index (κ2) is 7.98. The van der Waals surface area contributed by atoms with Crippen molar-refractivity contribution in [3.05, 3.63) is 69.7 Å². The Morgan fingerprint density at radius 3 is 2.67 bits per heavy atom. The van der Waals surface area contributed by atoms with Crippen LogP contribution < -0.4 is 5.32 Å². The fourth-order valence-electron chi connectivity index (χ4n) is 1.88. The Bertz CT molecular complexity index is 856. The van der Waals surface area contributed by atoms with Gasteiger partial charge in [0.25, 0.3) is 5.91 Å². The third-order valence-corrected chi connectivity index (χ3v) is 5.89. The minimum Gasteiger partial charge on any atom is -0.296 e. The minimum absolute atomic E-state index is 0.222. The molecular weight excluding hydrogens is 385 g/mol. The summed E-state index contributed by atoms with van der Waals surface area (Å²) in [6, 6.07) is 15.0. The Morgan fingerprint density at radius 2 is 1.88 bits per heavy atom. The number of nitrogens with zero attached hydrogens (tertiary/aromatic N) is 2. The summed E-state index contributed by atoms with van der Waals surface area (Å²) in [4.78, 5) is 12.3. The van der Waals surface area contributed by atoms with Gasteiger partial charge in [-0.15, -0.1) is 10.2 Å². The standard InChI is InChI=1S/C16H11Cl2N3OS2/c17-12-8-4-7-11(13(12)18)14(22)19-15-20-21-16(24-15)23-9-10-5-2-1-3-6-10/h1-8H,9H2,(H,19,20,22). The summed E-state index contributed by atoms with van der Waals surface area (Å²) in [5.41, 5.74) is 1.51. The highest BCUT2D eigenvalue weighted by Gasteiger charge is 2.15. The van der Waals surface area contributed by atoms with Crippen LogP contribution in [0.2, 0.25) is 10.0 Å². The van der Waals surface area contributed by atoms with Crippen molar-refractivity contribution in [2.75, 3.05) is 5.32 Å². The van der Waals surface area contributed by atoms with Crippen LogP contribution in [0.25, 0.3) is 0 Å². The van der Waals surface area contributed by atoms with Crippen LogP contribution in [0.1, 0.15) is 15.9 Å². The van der Waals surface area contributed by atoms with Gasteiger partial charge in [0.05, 0.1) is 15.6 Å². The molecule has 2 aromatic carbocycles. The molecule has 0 spiro atoms. The van der Waals surface area contributed by atoms with E-state index in [2.05, 4.69) is 27.6 Å². The molecule has 8 heteroatoms.